The third kappa shape index (κ3) is 4.70. The molecule has 0 aromatic heterocycles. The van der Waals surface area contributed by atoms with Crippen LogP contribution in [0.15, 0.2) is 0 Å². The quantitative estimate of drug-likeness (QED) is 0.822. The molecular formula is C14H29NOS. The normalized spacial score (nSPS) is 33.6. The van der Waals surface area contributed by atoms with E-state index >= 15 is 0 Å². The van der Waals surface area contributed by atoms with E-state index in [1.54, 1.807) is 6.26 Å². The molecule has 0 heterocycles. The molecule has 1 rings (SSSR count). The first-order valence-electron chi connectivity index (χ1n) is 6.97. The fraction of sp³-hybridized carbons (Fsp3) is 1.00. The van der Waals surface area contributed by atoms with Crippen molar-refractivity contribution in [1.29, 1.82) is 0 Å². The van der Waals surface area contributed by atoms with E-state index < -0.39 is 10.8 Å². The Morgan fingerprint density at radius 3 is 2.47 bits per heavy atom. The van der Waals surface area contributed by atoms with Gasteiger partial charge in [0.1, 0.15) is 0 Å². The Hall–Kier alpha value is 0.110. The van der Waals surface area contributed by atoms with Gasteiger partial charge in [-0.25, -0.2) is 0 Å². The van der Waals surface area contributed by atoms with Crippen LogP contribution in [0.1, 0.15) is 47.0 Å². The summed E-state index contributed by atoms with van der Waals surface area (Å²) in [6.07, 6.45) is 5.80. The Labute approximate surface area is 109 Å². The van der Waals surface area contributed by atoms with Gasteiger partial charge in [0, 0.05) is 34.9 Å². The summed E-state index contributed by atoms with van der Waals surface area (Å²) in [6.45, 7) is 9.98. The molecule has 0 bridgehead atoms. The lowest BCUT2D eigenvalue weighted by Gasteiger charge is -2.38. The number of hydrogen-bond donors (Lipinski definition) is 1. The molecule has 17 heavy (non-hydrogen) atoms. The zero-order valence-corrected chi connectivity index (χ0v) is 12.8. The van der Waals surface area contributed by atoms with Gasteiger partial charge in [-0.2, -0.15) is 0 Å². The van der Waals surface area contributed by atoms with Crippen molar-refractivity contribution < 1.29 is 4.21 Å². The van der Waals surface area contributed by atoms with E-state index in [4.69, 9.17) is 0 Å². The van der Waals surface area contributed by atoms with E-state index in [1.165, 1.54) is 19.3 Å². The lowest BCUT2D eigenvalue weighted by Crippen LogP contribution is -2.45. The van der Waals surface area contributed by atoms with Crippen molar-refractivity contribution in [2.45, 2.75) is 58.2 Å². The monoisotopic (exact) mass is 259 g/mol. The lowest BCUT2D eigenvalue weighted by atomic mass is 9.74. The minimum absolute atomic E-state index is 0.264. The summed E-state index contributed by atoms with van der Waals surface area (Å²) in [6, 6.07) is 0.629. The maximum absolute atomic E-state index is 11.4. The molecular weight excluding hydrogens is 230 g/mol. The van der Waals surface area contributed by atoms with Gasteiger partial charge < -0.3 is 5.32 Å². The molecule has 0 radical (unpaired) electrons. The van der Waals surface area contributed by atoms with E-state index in [9.17, 15) is 4.21 Å². The van der Waals surface area contributed by atoms with Crippen LogP contribution in [-0.2, 0) is 10.8 Å². The van der Waals surface area contributed by atoms with Crippen LogP contribution in [-0.4, -0.2) is 28.3 Å². The second-order valence-corrected chi connectivity index (χ2v) is 7.95. The van der Waals surface area contributed by atoms with Crippen LogP contribution < -0.4 is 5.32 Å². The van der Waals surface area contributed by atoms with E-state index in [0.717, 1.165) is 24.3 Å². The molecule has 1 fully saturated rings. The van der Waals surface area contributed by atoms with Gasteiger partial charge in [0.25, 0.3) is 0 Å². The summed E-state index contributed by atoms with van der Waals surface area (Å²) < 4.78 is 11.4. The van der Waals surface area contributed by atoms with Gasteiger partial charge in [-0.05, 0) is 37.5 Å². The number of nitrogens with one attached hydrogen (secondary N) is 1. The molecule has 1 N–H and O–H groups in total. The Kier molecular flexibility index (Phi) is 6.14. The summed E-state index contributed by atoms with van der Waals surface area (Å²) in [5, 5.41) is 3.94. The zero-order valence-electron chi connectivity index (χ0n) is 12.0. The van der Waals surface area contributed by atoms with Crippen molar-refractivity contribution in [2.24, 2.45) is 17.8 Å². The Morgan fingerprint density at radius 2 is 1.94 bits per heavy atom. The Bertz CT molecular complexity index is 255. The molecule has 1 aliphatic rings. The smallest absolute Gasteiger partial charge is 0.0441 e. The molecule has 5 unspecified atom stereocenters. The van der Waals surface area contributed by atoms with Crippen LogP contribution in [0.4, 0.5) is 0 Å². The Balaban J connectivity index is 2.49. The first kappa shape index (κ1) is 15.2. The maximum atomic E-state index is 11.4. The average molecular weight is 259 g/mol. The summed E-state index contributed by atoms with van der Waals surface area (Å²) in [5.74, 6) is 2.39. The van der Waals surface area contributed by atoms with Crippen molar-refractivity contribution in [3.8, 4) is 0 Å². The van der Waals surface area contributed by atoms with E-state index in [2.05, 4.69) is 33.0 Å². The highest BCUT2D eigenvalue weighted by Crippen LogP contribution is 2.33. The van der Waals surface area contributed by atoms with Crippen molar-refractivity contribution in [3.05, 3.63) is 0 Å². The van der Waals surface area contributed by atoms with Crippen LogP contribution in [0.25, 0.3) is 0 Å². The first-order valence-corrected chi connectivity index (χ1v) is 8.59. The van der Waals surface area contributed by atoms with Gasteiger partial charge in [0.05, 0.1) is 0 Å². The predicted molar refractivity (Wildman–Crippen MR) is 76.7 cm³/mol. The third-order valence-corrected chi connectivity index (χ3v) is 5.56. The molecule has 0 aromatic carbocycles. The molecule has 1 saturated carbocycles. The first-order chi connectivity index (χ1) is 7.91. The molecule has 1 aliphatic carbocycles. The van der Waals surface area contributed by atoms with E-state index in [0.29, 0.717) is 6.04 Å². The van der Waals surface area contributed by atoms with Gasteiger partial charge in [-0.15, -0.1) is 0 Å². The van der Waals surface area contributed by atoms with Crippen LogP contribution >= 0.6 is 0 Å². The number of hydrogen-bond acceptors (Lipinski definition) is 2. The van der Waals surface area contributed by atoms with Gasteiger partial charge in [-0.3, -0.25) is 4.21 Å². The van der Waals surface area contributed by atoms with E-state index in [1.807, 2.05) is 0 Å². The summed E-state index contributed by atoms with van der Waals surface area (Å²) in [5.41, 5.74) is 0. The fourth-order valence-electron chi connectivity index (χ4n) is 2.87. The van der Waals surface area contributed by atoms with Gasteiger partial charge in [-0.1, -0.05) is 27.2 Å². The summed E-state index contributed by atoms with van der Waals surface area (Å²) >= 11 is 0. The Morgan fingerprint density at radius 1 is 1.29 bits per heavy atom. The van der Waals surface area contributed by atoms with Crippen molar-refractivity contribution >= 4 is 10.8 Å². The van der Waals surface area contributed by atoms with Gasteiger partial charge in [0.15, 0.2) is 0 Å². The maximum Gasteiger partial charge on any atom is 0.0441 e. The molecule has 0 saturated heterocycles. The number of rotatable bonds is 5. The van der Waals surface area contributed by atoms with E-state index in [-0.39, 0.29) is 5.25 Å². The minimum Gasteiger partial charge on any atom is -0.313 e. The zero-order chi connectivity index (χ0) is 13.0. The second kappa shape index (κ2) is 6.89. The largest absolute Gasteiger partial charge is 0.313 e. The molecule has 0 amide bonds. The lowest BCUT2D eigenvalue weighted by molar-refractivity contribution is 0.171. The highest BCUT2D eigenvalue weighted by atomic mass is 32.2. The highest BCUT2D eigenvalue weighted by molar-refractivity contribution is 7.84. The standard InChI is InChI=1S/C14H29NOS/c1-10(2)13-7-6-11(3)8-14(13)15-9-12(4)17(5)16/h10-15H,6-9H2,1-5H3. The van der Waals surface area contributed by atoms with Crippen LogP contribution in [0.2, 0.25) is 0 Å². The highest BCUT2D eigenvalue weighted by Gasteiger charge is 2.30. The van der Waals surface area contributed by atoms with Crippen LogP contribution in [0.5, 0.6) is 0 Å². The van der Waals surface area contributed by atoms with Crippen molar-refractivity contribution in [1.82, 2.24) is 5.32 Å². The molecule has 5 atom stereocenters. The molecule has 0 aromatic rings. The fourth-order valence-corrected chi connectivity index (χ4v) is 3.20. The van der Waals surface area contributed by atoms with Crippen LogP contribution in [0, 0.1) is 17.8 Å². The molecule has 2 nitrogen and oxygen atoms in total. The van der Waals surface area contributed by atoms with Crippen molar-refractivity contribution in [3.63, 3.8) is 0 Å². The summed E-state index contributed by atoms with van der Waals surface area (Å²) in [4.78, 5) is 0. The second-order valence-electron chi connectivity index (χ2n) is 6.15. The molecule has 102 valence electrons. The topological polar surface area (TPSA) is 29.1 Å². The third-order valence-electron chi connectivity index (χ3n) is 4.26. The molecule has 0 aliphatic heterocycles. The van der Waals surface area contributed by atoms with Crippen molar-refractivity contribution in [2.75, 3.05) is 12.8 Å². The predicted octanol–water partition coefficient (Wildman–Crippen LogP) is 2.80. The molecule has 0 spiro atoms. The van der Waals surface area contributed by atoms with Crippen LogP contribution in [0.3, 0.4) is 0 Å². The SMILES string of the molecule is CC1CCC(C(C)C)C(NCC(C)S(C)=O)C1. The molecule has 3 heteroatoms. The van der Waals surface area contributed by atoms with Gasteiger partial charge >= 0.3 is 0 Å². The average Bonchev–Trinajstić information content (AvgIpc) is 2.25. The minimum atomic E-state index is -0.708. The summed E-state index contributed by atoms with van der Waals surface area (Å²) in [7, 11) is -0.708. The van der Waals surface area contributed by atoms with Gasteiger partial charge in [0.2, 0.25) is 0 Å².